The Balaban J connectivity index is 2.31. The number of fused-ring (bicyclic) bond motifs is 1. The monoisotopic (exact) mass is 293 g/mol. The zero-order chi connectivity index (χ0) is 14.8. The maximum absolute atomic E-state index is 11.7. The summed E-state index contributed by atoms with van der Waals surface area (Å²) >= 11 is 5.88. The predicted molar refractivity (Wildman–Crippen MR) is 78.2 cm³/mol. The molecule has 2 rings (SSSR count). The van der Waals surface area contributed by atoms with Gasteiger partial charge in [-0.05, 0) is 32.9 Å². The molecular formula is C15H16ClNO3. The van der Waals surface area contributed by atoms with E-state index in [1.807, 2.05) is 30.3 Å². The molecule has 0 atom stereocenters. The minimum Gasteiger partial charge on any atom is -0.428 e. The van der Waals surface area contributed by atoms with Gasteiger partial charge in [0.15, 0.2) is 0 Å². The Morgan fingerprint density at radius 3 is 2.65 bits per heavy atom. The SMILES string of the molecule is CC(C)(C)OC(=O)Oc1nc2ccccc2cc1CCl. The van der Waals surface area contributed by atoms with Crippen LogP contribution in [-0.4, -0.2) is 16.7 Å². The second kappa shape index (κ2) is 5.67. The van der Waals surface area contributed by atoms with Crippen LogP contribution >= 0.6 is 11.6 Å². The van der Waals surface area contributed by atoms with Crippen molar-refractivity contribution >= 4 is 28.7 Å². The van der Waals surface area contributed by atoms with Crippen molar-refractivity contribution in [2.24, 2.45) is 0 Å². The normalized spacial score (nSPS) is 11.4. The first-order valence-corrected chi connectivity index (χ1v) is 6.78. The highest BCUT2D eigenvalue weighted by Crippen LogP contribution is 2.24. The van der Waals surface area contributed by atoms with Crippen LogP contribution in [0.25, 0.3) is 10.9 Å². The maximum atomic E-state index is 11.7. The van der Waals surface area contributed by atoms with Gasteiger partial charge in [0, 0.05) is 10.9 Å². The lowest BCUT2D eigenvalue weighted by atomic mass is 10.2. The molecule has 0 spiro atoms. The van der Waals surface area contributed by atoms with E-state index in [-0.39, 0.29) is 11.8 Å². The smallest absolute Gasteiger partial charge is 0.428 e. The van der Waals surface area contributed by atoms with Crippen LogP contribution in [0, 0.1) is 0 Å². The average Bonchev–Trinajstić information content (AvgIpc) is 2.35. The number of carbonyl (C=O) groups excluding carboxylic acids is 1. The van der Waals surface area contributed by atoms with Gasteiger partial charge in [0.1, 0.15) is 5.60 Å². The van der Waals surface area contributed by atoms with Crippen molar-refractivity contribution in [3.05, 3.63) is 35.9 Å². The number of para-hydroxylation sites is 1. The number of rotatable bonds is 2. The highest BCUT2D eigenvalue weighted by Gasteiger charge is 2.20. The van der Waals surface area contributed by atoms with Crippen molar-refractivity contribution in [1.82, 2.24) is 4.98 Å². The van der Waals surface area contributed by atoms with Gasteiger partial charge in [0.25, 0.3) is 0 Å². The van der Waals surface area contributed by atoms with E-state index < -0.39 is 11.8 Å². The van der Waals surface area contributed by atoms with Crippen LogP contribution in [0.1, 0.15) is 26.3 Å². The van der Waals surface area contributed by atoms with E-state index in [0.717, 1.165) is 10.9 Å². The van der Waals surface area contributed by atoms with Crippen LogP contribution in [0.3, 0.4) is 0 Å². The Hall–Kier alpha value is -1.81. The van der Waals surface area contributed by atoms with E-state index in [4.69, 9.17) is 21.1 Å². The second-order valence-electron chi connectivity index (χ2n) is 5.35. The number of ether oxygens (including phenoxy) is 2. The fraction of sp³-hybridized carbons (Fsp3) is 0.333. The van der Waals surface area contributed by atoms with E-state index in [2.05, 4.69) is 4.98 Å². The molecule has 1 heterocycles. The van der Waals surface area contributed by atoms with Crippen molar-refractivity contribution in [2.75, 3.05) is 0 Å². The van der Waals surface area contributed by atoms with Crippen LogP contribution in [0.15, 0.2) is 30.3 Å². The minimum atomic E-state index is -0.786. The van der Waals surface area contributed by atoms with E-state index >= 15 is 0 Å². The molecule has 0 aliphatic rings. The molecule has 0 aliphatic carbocycles. The highest BCUT2D eigenvalue weighted by atomic mass is 35.5. The lowest BCUT2D eigenvalue weighted by Crippen LogP contribution is -2.26. The van der Waals surface area contributed by atoms with Gasteiger partial charge in [-0.15, -0.1) is 11.6 Å². The first kappa shape index (κ1) is 14.6. The van der Waals surface area contributed by atoms with Gasteiger partial charge in [-0.25, -0.2) is 9.78 Å². The molecule has 0 radical (unpaired) electrons. The topological polar surface area (TPSA) is 48.4 Å². The average molecular weight is 294 g/mol. The van der Waals surface area contributed by atoms with Crippen LogP contribution < -0.4 is 4.74 Å². The van der Waals surface area contributed by atoms with Gasteiger partial charge < -0.3 is 9.47 Å². The summed E-state index contributed by atoms with van der Waals surface area (Å²) in [4.78, 5) is 16.0. The van der Waals surface area contributed by atoms with Gasteiger partial charge in [-0.3, -0.25) is 0 Å². The Bertz CT molecular complexity index is 635. The molecule has 0 amide bonds. The molecule has 1 aromatic carbocycles. The first-order chi connectivity index (χ1) is 9.39. The summed E-state index contributed by atoms with van der Waals surface area (Å²) in [6.07, 6.45) is -0.786. The number of hydrogen-bond donors (Lipinski definition) is 0. The largest absolute Gasteiger partial charge is 0.515 e. The quantitative estimate of drug-likeness (QED) is 0.612. The Kier molecular flexibility index (Phi) is 4.14. The molecule has 0 N–H and O–H groups in total. The molecule has 2 aromatic rings. The third-order valence-corrected chi connectivity index (χ3v) is 2.76. The lowest BCUT2D eigenvalue weighted by Gasteiger charge is -2.19. The van der Waals surface area contributed by atoms with Crippen LogP contribution in [0.5, 0.6) is 5.88 Å². The van der Waals surface area contributed by atoms with E-state index in [9.17, 15) is 4.79 Å². The number of carbonyl (C=O) groups is 1. The third-order valence-electron chi connectivity index (χ3n) is 2.48. The zero-order valence-corrected chi connectivity index (χ0v) is 12.4. The molecule has 20 heavy (non-hydrogen) atoms. The Labute approximate surface area is 122 Å². The van der Waals surface area contributed by atoms with Crippen LogP contribution in [-0.2, 0) is 10.6 Å². The fourth-order valence-corrected chi connectivity index (χ4v) is 1.87. The van der Waals surface area contributed by atoms with Gasteiger partial charge >= 0.3 is 6.16 Å². The van der Waals surface area contributed by atoms with Crippen molar-refractivity contribution < 1.29 is 14.3 Å². The highest BCUT2D eigenvalue weighted by molar-refractivity contribution is 6.17. The zero-order valence-electron chi connectivity index (χ0n) is 11.6. The Morgan fingerprint density at radius 2 is 2.00 bits per heavy atom. The number of benzene rings is 1. The lowest BCUT2D eigenvalue weighted by molar-refractivity contribution is 0.0196. The number of alkyl halides is 1. The molecular weight excluding hydrogens is 278 g/mol. The fourth-order valence-electron chi connectivity index (χ4n) is 1.68. The number of halogens is 1. The van der Waals surface area contributed by atoms with Crippen molar-refractivity contribution in [1.29, 1.82) is 0 Å². The predicted octanol–water partition coefficient (Wildman–Crippen LogP) is 4.29. The summed E-state index contributed by atoms with van der Waals surface area (Å²) in [5.74, 6) is 0.392. The molecule has 0 saturated carbocycles. The standard InChI is InChI=1S/C15H16ClNO3/c1-15(2,3)20-14(18)19-13-11(9-16)8-10-6-4-5-7-12(10)17-13/h4-8H,9H2,1-3H3. The molecule has 1 aromatic heterocycles. The summed E-state index contributed by atoms with van der Waals surface area (Å²) in [7, 11) is 0. The van der Waals surface area contributed by atoms with Gasteiger partial charge in [0.05, 0.1) is 11.4 Å². The van der Waals surface area contributed by atoms with Crippen LogP contribution in [0.2, 0.25) is 0 Å². The van der Waals surface area contributed by atoms with E-state index in [1.165, 1.54) is 0 Å². The van der Waals surface area contributed by atoms with Crippen LogP contribution in [0.4, 0.5) is 4.79 Å². The number of aromatic nitrogens is 1. The molecule has 4 nitrogen and oxygen atoms in total. The van der Waals surface area contributed by atoms with Gasteiger partial charge in [-0.2, -0.15) is 0 Å². The number of pyridine rings is 1. The van der Waals surface area contributed by atoms with Crippen molar-refractivity contribution in [3.8, 4) is 5.88 Å². The molecule has 0 fully saturated rings. The molecule has 0 saturated heterocycles. The van der Waals surface area contributed by atoms with Crippen molar-refractivity contribution in [2.45, 2.75) is 32.3 Å². The molecule has 0 bridgehead atoms. The molecule has 0 aliphatic heterocycles. The summed E-state index contributed by atoms with van der Waals surface area (Å²) in [6, 6.07) is 9.41. The number of hydrogen-bond acceptors (Lipinski definition) is 4. The first-order valence-electron chi connectivity index (χ1n) is 6.24. The van der Waals surface area contributed by atoms with Crippen molar-refractivity contribution in [3.63, 3.8) is 0 Å². The van der Waals surface area contributed by atoms with E-state index in [0.29, 0.717) is 5.56 Å². The second-order valence-corrected chi connectivity index (χ2v) is 5.61. The third kappa shape index (κ3) is 3.61. The minimum absolute atomic E-state index is 0.188. The van der Waals surface area contributed by atoms with E-state index in [1.54, 1.807) is 20.8 Å². The van der Waals surface area contributed by atoms with Gasteiger partial charge in [0.2, 0.25) is 5.88 Å². The summed E-state index contributed by atoms with van der Waals surface area (Å²) < 4.78 is 10.3. The summed E-state index contributed by atoms with van der Waals surface area (Å²) in [5.41, 5.74) is 0.769. The summed E-state index contributed by atoms with van der Waals surface area (Å²) in [5, 5.41) is 0.944. The summed E-state index contributed by atoms with van der Waals surface area (Å²) in [6.45, 7) is 5.31. The molecule has 0 unspecified atom stereocenters. The van der Waals surface area contributed by atoms with Gasteiger partial charge in [-0.1, -0.05) is 18.2 Å². The molecule has 106 valence electrons. The Morgan fingerprint density at radius 1 is 1.30 bits per heavy atom. The molecule has 5 heteroatoms. The maximum Gasteiger partial charge on any atom is 0.515 e. The number of nitrogens with zero attached hydrogens (tertiary/aromatic N) is 1.